The van der Waals surface area contributed by atoms with Crippen LogP contribution in [0, 0.1) is 25.2 Å². The summed E-state index contributed by atoms with van der Waals surface area (Å²) in [4.78, 5) is 0.175. The smallest absolute Gasteiger partial charge is 0.261 e. The zero-order valence-corrected chi connectivity index (χ0v) is 12.0. The van der Waals surface area contributed by atoms with Gasteiger partial charge in [-0.3, -0.25) is 4.72 Å². The van der Waals surface area contributed by atoms with Crippen LogP contribution in [0.15, 0.2) is 47.4 Å². The molecule has 0 aliphatic heterocycles. The first-order chi connectivity index (χ1) is 9.44. The quantitative estimate of drug-likeness (QED) is 0.943. The molecule has 5 heteroatoms. The van der Waals surface area contributed by atoms with Crippen LogP contribution in [0.25, 0.3) is 0 Å². The molecule has 0 aromatic heterocycles. The minimum absolute atomic E-state index is 0.175. The van der Waals surface area contributed by atoms with Gasteiger partial charge in [-0.15, -0.1) is 0 Å². The molecule has 2 aromatic carbocycles. The van der Waals surface area contributed by atoms with Gasteiger partial charge in [-0.2, -0.15) is 5.26 Å². The zero-order chi connectivity index (χ0) is 14.8. The molecule has 0 radical (unpaired) electrons. The molecule has 0 unspecified atom stereocenters. The second-order valence-corrected chi connectivity index (χ2v) is 6.21. The summed E-state index contributed by atoms with van der Waals surface area (Å²) in [6.07, 6.45) is 0. The zero-order valence-electron chi connectivity index (χ0n) is 11.2. The average molecular weight is 286 g/mol. The normalized spacial score (nSPS) is 10.8. The number of nitrogens with zero attached hydrogens (tertiary/aromatic N) is 1. The van der Waals surface area contributed by atoms with Gasteiger partial charge >= 0.3 is 0 Å². The third-order valence-corrected chi connectivity index (χ3v) is 4.34. The molecular formula is C15H14N2O2S. The highest BCUT2D eigenvalue weighted by Crippen LogP contribution is 2.22. The maximum Gasteiger partial charge on any atom is 0.261 e. The van der Waals surface area contributed by atoms with Crippen LogP contribution < -0.4 is 4.72 Å². The molecule has 102 valence electrons. The van der Waals surface area contributed by atoms with Gasteiger partial charge in [0.05, 0.1) is 16.1 Å². The standard InChI is InChI=1S/C15H14N2O2S/c1-11-6-8-13(9-7-11)20(18,19)17-15-5-3-4-12(2)14(15)10-16/h3-9,17H,1-2H3. The molecule has 0 spiro atoms. The third kappa shape index (κ3) is 2.81. The lowest BCUT2D eigenvalue weighted by molar-refractivity contribution is 0.601. The molecule has 2 rings (SSSR count). The predicted molar refractivity (Wildman–Crippen MR) is 77.9 cm³/mol. The minimum Gasteiger partial charge on any atom is -0.278 e. The van der Waals surface area contributed by atoms with Crippen molar-refractivity contribution in [3.63, 3.8) is 0 Å². The van der Waals surface area contributed by atoms with E-state index in [1.807, 2.05) is 13.0 Å². The number of rotatable bonds is 3. The molecule has 0 bridgehead atoms. The lowest BCUT2D eigenvalue weighted by Gasteiger charge is -2.10. The Bertz CT molecular complexity index is 773. The van der Waals surface area contributed by atoms with Crippen LogP contribution in [-0.4, -0.2) is 8.42 Å². The van der Waals surface area contributed by atoms with Gasteiger partial charge in [0, 0.05) is 0 Å². The number of aryl methyl sites for hydroxylation is 2. The minimum atomic E-state index is -3.68. The molecule has 0 aliphatic carbocycles. The van der Waals surface area contributed by atoms with Crippen LogP contribution in [0.1, 0.15) is 16.7 Å². The number of nitrogens with one attached hydrogen (secondary N) is 1. The Morgan fingerprint density at radius 1 is 1.05 bits per heavy atom. The summed E-state index contributed by atoms with van der Waals surface area (Å²) in [5.74, 6) is 0. The molecule has 0 aliphatic rings. The van der Waals surface area contributed by atoms with Crippen LogP contribution in [-0.2, 0) is 10.0 Å². The van der Waals surface area contributed by atoms with E-state index in [1.165, 1.54) is 0 Å². The molecule has 0 heterocycles. The highest BCUT2D eigenvalue weighted by molar-refractivity contribution is 7.92. The number of nitriles is 1. The van der Waals surface area contributed by atoms with Gasteiger partial charge in [0.25, 0.3) is 10.0 Å². The summed E-state index contributed by atoms with van der Waals surface area (Å²) in [6, 6.07) is 13.6. The Hall–Kier alpha value is -2.32. The Kier molecular flexibility index (Phi) is 3.77. The van der Waals surface area contributed by atoms with Gasteiger partial charge in [-0.25, -0.2) is 8.42 Å². The molecule has 2 aromatic rings. The second-order valence-electron chi connectivity index (χ2n) is 4.53. The fourth-order valence-corrected chi connectivity index (χ4v) is 2.89. The summed E-state index contributed by atoms with van der Waals surface area (Å²) in [5.41, 5.74) is 2.35. The van der Waals surface area contributed by atoms with E-state index >= 15 is 0 Å². The van der Waals surface area contributed by atoms with Gasteiger partial charge in [0.2, 0.25) is 0 Å². The molecule has 20 heavy (non-hydrogen) atoms. The number of hydrogen-bond donors (Lipinski definition) is 1. The molecule has 0 saturated carbocycles. The highest BCUT2D eigenvalue weighted by atomic mass is 32.2. The number of benzene rings is 2. The molecule has 0 fully saturated rings. The monoisotopic (exact) mass is 286 g/mol. The van der Waals surface area contributed by atoms with Crippen molar-refractivity contribution in [1.82, 2.24) is 0 Å². The third-order valence-electron chi connectivity index (χ3n) is 2.96. The fraction of sp³-hybridized carbons (Fsp3) is 0.133. The molecule has 0 saturated heterocycles. The molecule has 1 N–H and O–H groups in total. The van der Waals surface area contributed by atoms with Crippen molar-refractivity contribution in [2.24, 2.45) is 0 Å². The summed E-state index contributed by atoms with van der Waals surface area (Å²) in [7, 11) is -3.68. The maximum absolute atomic E-state index is 12.3. The Labute approximate surface area is 118 Å². The fourth-order valence-electron chi connectivity index (χ4n) is 1.82. The first-order valence-corrected chi connectivity index (χ1v) is 7.51. The van der Waals surface area contributed by atoms with Crippen LogP contribution in [0.5, 0.6) is 0 Å². The van der Waals surface area contributed by atoms with Crippen molar-refractivity contribution in [2.45, 2.75) is 18.7 Å². The van der Waals surface area contributed by atoms with E-state index in [1.54, 1.807) is 49.4 Å². The predicted octanol–water partition coefficient (Wildman–Crippen LogP) is 2.98. The van der Waals surface area contributed by atoms with Crippen molar-refractivity contribution in [1.29, 1.82) is 5.26 Å². The van der Waals surface area contributed by atoms with Crippen LogP contribution in [0.4, 0.5) is 5.69 Å². The van der Waals surface area contributed by atoms with Gasteiger partial charge < -0.3 is 0 Å². The van der Waals surface area contributed by atoms with Crippen LogP contribution in [0.3, 0.4) is 0 Å². The Balaban J connectivity index is 2.42. The first-order valence-electron chi connectivity index (χ1n) is 6.03. The van der Waals surface area contributed by atoms with Gasteiger partial charge in [0.15, 0.2) is 0 Å². The van der Waals surface area contributed by atoms with Crippen molar-refractivity contribution in [2.75, 3.05) is 4.72 Å². The average Bonchev–Trinajstić information content (AvgIpc) is 2.39. The van der Waals surface area contributed by atoms with E-state index < -0.39 is 10.0 Å². The van der Waals surface area contributed by atoms with E-state index in [4.69, 9.17) is 5.26 Å². The number of sulfonamides is 1. The van der Waals surface area contributed by atoms with Crippen molar-refractivity contribution < 1.29 is 8.42 Å². The van der Waals surface area contributed by atoms with Crippen molar-refractivity contribution >= 4 is 15.7 Å². The maximum atomic E-state index is 12.3. The summed E-state index contributed by atoms with van der Waals surface area (Å²) >= 11 is 0. The lowest BCUT2D eigenvalue weighted by Crippen LogP contribution is -2.14. The van der Waals surface area contributed by atoms with Crippen LogP contribution in [0.2, 0.25) is 0 Å². The number of hydrogen-bond acceptors (Lipinski definition) is 3. The summed E-state index contributed by atoms with van der Waals surface area (Å²) < 4.78 is 27.0. The second kappa shape index (κ2) is 5.35. The van der Waals surface area contributed by atoms with E-state index in [2.05, 4.69) is 4.72 Å². The Morgan fingerprint density at radius 3 is 2.30 bits per heavy atom. The van der Waals surface area contributed by atoms with E-state index in [0.29, 0.717) is 11.3 Å². The highest BCUT2D eigenvalue weighted by Gasteiger charge is 2.16. The summed E-state index contributed by atoms with van der Waals surface area (Å²) in [6.45, 7) is 3.65. The van der Waals surface area contributed by atoms with Crippen molar-refractivity contribution in [3.8, 4) is 6.07 Å². The molecule has 4 nitrogen and oxygen atoms in total. The van der Waals surface area contributed by atoms with Gasteiger partial charge in [0.1, 0.15) is 6.07 Å². The summed E-state index contributed by atoms with van der Waals surface area (Å²) in [5, 5.41) is 9.12. The van der Waals surface area contributed by atoms with E-state index in [-0.39, 0.29) is 4.90 Å². The lowest BCUT2D eigenvalue weighted by atomic mass is 10.1. The first kappa shape index (κ1) is 14.1. The van der Waals surface area contributed by atoms with Gasteiger partial charge in [-0.1, -0.05) is 29.8 Å². The molecule has 0 amide bonds. The topological polar surface area (TPSA) is 70.0 Å². The molecular weight excluding hydrogens is 272 g/mol. The van der Waals surface area contributed by atoms with Crippen molar-refractivity contribution in [3.05, 3.63) is 59.2 Å². The van der Waals surface area contributed by atoms with E-state index in [0.717, 1.165) is 11.1 Å². The molecule has 0 atom stereocenters. The van der Waals surface area contributed by atoms with E-state index in [9.17, 15) is 8.42 Å². The largest absolute Gasteiger partial charge is 0.278 e. The SMILES string of the molecule is Cc1ccc(S(=O)(=O)Nc2cccc(C)c2C#N)cc1. The Morgan fingerprint density at radius 2 is 1.70 bits per heavy atom. The van der Waals surface area contributed by atoms with Gasteiger partial charge in [-0.05, 0) is 37.6 Å². The number of anilines is 1. The van der Waals surface area contributed by atoms with Crippen LogP contribution >= 0.6 is 0 Å².